The van der Waals surface area contributed by atoms with Crippen LogP contribution in [0.1, 0.15) is 43.5 Å². The van der Waals surface area contributed by atoms with E-state index < -0.39 is 5.97 Å². The summed E-state index contributed by atoms with van der Waals surface area (Å²) in [4.78, 5) is 10.9. The number of aromatic carboxylic acids is 1. The molecular weight excluding hydrogens is 262 g/mol. The summed E-state index contributed by atoms with van der Waals surface area (Å²) in [6.07, 6.45) is 3.69. The summed E-state index contributed by atoms with van der Waals surface area (Å²) < 4.78 is 0. The van der Waals surface area contributed by atoms with Gasteiger partial charge in [-0.3, -0.25) is 0 Å². The highest BCUT2D eigenvalue weighted by molar-refractivity contribution is 6.33. The van der Waals surface area contributed by atoms with E-state index >= 15 is 0 Å². The molecule has 2 N–H and O–H groups in total. The second-order valence-corrected chi connectivity index (χ2v) is 5.93. The molecule has 1 saturated carbocycles. The van der Waals surface area contributed by atoms with Gasteiger partial charge < -0.3 is 10.4 Å². The van der Waals surface area contributed by atoms with Crippen LogP contribution in [0.4, 0.5) is 5.69 Å². The number of carboxylic acids is 1. The minimum Gasteiger partial charge on any atom is -0.478 e. The molecule has 3 nitrogen and oxygen atoms in total. The molecule has 0 aromatic heterocycles. The Balaban J connectivity index is 2.11. The van der Waals surface area contributed by atoms with Gasteiger partial charge in [0.2, 0.25) is 0 Å². The lowest BCUT2D eigenvalue weighted by Crippen LogP contribution is -2.35. The van der Waals surface area contributed by atoms with Gasteiger partial charge >= 0.3 is 5.97 Å². The third kappa shape index (κ3) is 3.21. The van der Waals surface area contributed by atoms with Gasteiger partial charge in [0.25, 0.3) is 0 Å². The highest BCUT2D eigenvalue weighted by Gasteiger charge is 2.26. The van der Waals surface area contributed by atoms with Crippen LogP contribution in [0.5, 0.6) is 0 Å². The molecule has 2 rings (SSSR count). The van der Waals surface area contributed by atoms with Crippen LogP contribution in [0.25, 0.3) is 0 Å². The van der Waals surface area contributed by atoms with Gasteiger partial charge in [-0.1, -0.05) is 38.3 Å². The topological polar surface area (TPSA) is 49.3 Å². The van der Waals surface area contributed by atoms with Crippen molar-refractivity contribution in [1.29, 1.82) is 0 Å². The maximum atomic E-state index is 10.9. The van der Waals surface area contributed by atoms with Crippen molar-refractivity contribution in [2.75, 3.05) is 5.32 Å². The van der Waals surface area contributed by atoms with E-state index in [4.69, 9.17) is 16.7 Å². The molecule has 3 unspecified atom stereocenters. The quantitative estimate of drug-likeness (QED) is 0.870. The molecule has 1 aliphatic carbocycles. The normalized spacial score (nSPS) is 27.0. The van der Waals surface area contributed by atoms with E-state index in [0.717, 1.165) is 18.0 Å². The Labute approximate surface area is 119 Å². The molecule has 1 fully saturated rings. The molecule has 19 heavy (non-hydrogen) atoms. The lowest BCUT2D eigenvalue weighted by molar-refractivity contribution is 0.0697. The highest BCUT2D eigenvalue weighted by atomic mass is 35.5. The van der Waals surface area contributed by atoms with E-state index in [0.29, 0.717) is 12.0 Å². The van der Waals surface area contributed by atoms with E-state index in [-0.39, 0.29) is 10.6 Å². The summed E-state index contributed by atoms with van der Waals surface area (Å²) in [7, 11) is 0. The number of carbonyl (C=O) groups is 1. The molecule has 0 radical (unpaired) electrons. The van der Waals surface area contributed by atoms with Gasteiger partial charge in [0.05, 0.1) is 10.6 Å². The predicted octanol–water partition coefficient (Wildman–Crippen LogP) is 4.27. The third-order valence-corrected chi connectivity index (χ3v) is 4.57. The minimum atomic E-state index is -0.990. The number of nitrogens with one attached hydrogen (secondary N) is 1. The van der Waals surface area contributed by atoms with Crippen molar-refractivity contribution in [1.82, 2.24) is 0 Å². The third-order valence-electron chi connectivity index (χ3n) is 4.26. The van der Waals surface area contributed by atoms with Crippen LogP contribution >= 0.6 is 11.6 Å². The predicted molar refractivity (Wildman–Crippen MR) is 78.0 cm³/mol. The number of carboxylic acid groups (broad SMARTS) is 1. The lowest BCUT2D eigenvalue weighted by atomic mass is 9.78. The van der Waals surface area contributed by atoms with E-state index in [1.54, 1.807) is 18.2 Å². The molecule has 0 saturated heterocycles. The van der Waals surface area contributed by atoms with Crippen LogP contribution in [0.3, 0.4) is 0 Å². The van der Waals surface area contributed by atoms with Gasteiger partial charge in [0, 0.05) is 11.7 Å². The Hall–Kier alpha value is -1.22. The van der Waals surface area contributed by atoms with Crippen LogP contribution in [0.2, 0.25) is 5.02 Å². The standard InChI is InChI=1S/C15H20ClNO2/c1-9-4-3-5-14(10(9)2)17-11-6-7-12(15(18)19)13(16)8-11/h6-10,14,17H,3-5H2,1-2H3,(H,18,19). The van der Waals surface area contributed by atoms with Crippen molar-refractivity contribution in [2.24, 2.45) is 11.8 Å². The van der Waals surface area contributed by atoms with Crippen molar-refractivity contribution >= 4 is 23.3 Å². The van der Waals surface area contributed by atoms with Gasteiger partial charge in [-0.25, -0.2) is 4.79 Å². The average molecular weight is 282 g/mol. The Kier molecular flexibility index (Phi) is 4.35. The zero-order valence-corrected chi connectivity index (χ0v) is 12.1. The number of anilines is 1. The fourth-order valence-corrected chi connectivity index (χ4v) is 3.04. The zero-order chi connectivity index (χ0) is 14.0. The molecule has 1 aromatic carbocycles. The van der Waals surface area contributed by atoms with Gasteiger partial charge in [0.1, 0.15) is 0 Å². The summed E-state index contributed by atoms with van der Waals surface area (Å²) >= 11 is 5.99. The highest BCUT2D eigenvalue weighted by Crippen LogP contribution is 2.32. The lowest BCUT2D eigenvalue weighted by Gasteiger charge is -2.35. The maximum absolute atomic E-state index is 10.9. The molecule has 4 heteroatoms. The van der Waals surface area contributed by atoms with Crippen molar-refractivity contribution in [3.8, 4) is 0 Å². The van der Waals surface area contributed by atoms with Crippen LogP contribution in [0.15, 0.2) is 18.2 Å². The first-order valence-corrected chi connectivity index (χ1v) is 7.16. The Morgan fingerprint density at radius 2 is 2.11 bits per heavy atom. The Morgan fingerprint density at radius 1 is 1.37 bits per heavy atom. The smallest absolute Gasteiger partial charge is 0.337 e. The van der Waals surface area contributed by atoms with Crippen LogP contribution in [-0.4, -0.2) is 17.1 Å². The molecule has 0 heterocycles. The molecule has 0 bridgehead atoms. The van der Waals surface area contributed by atoms with E-state index in [2.05, 4.69) is 19.2 Å². The van der Waals surface area contributed by atoms with Crippen LogP contribution in [0, 0.1) is 11.8 Å². The summed E-state index contributed by atoms with van der Waals surface area (Å²) in [5.74, 6) is 0.350. The zero-order valence-electron chi connectivity index (χ0n) is 11.3. The van der Waals surface area contributed by atoms with Gasteiger partial charge in [-0.05, 0) is 36.5 Å². The first-order chi connectivity index (χ1) is 8.99. The fraction of sp³-hybridized carbons (Fsp3) is 0.533. The van der Waals surface area contributed by atoms with E-state index in [1.165, 1.54) is 12.8 Å². The Morgan fingerprint density at radius 3 is 2.74 bits per heavy atom. The average Bonchev–Trinajstić information content (AvgIpc) is 2.34. The summed E-state index contributed by atoms with van der Waals surface area (Å²) in [6.45, 7) is 4.56. The van der Waals surface area contributed by atoms with Crippen molar-refractivity contribution in [2.45, 2.75) is 39.2 Å². The van der Waals surface area contributed by atoms with Gasteiger partial charge in [-0.2, -0.15) is 0 Å². The second kappa shape index (κ2) is 5.83. The summed E-state index contributed by atoms with van der Waals surface area (Å²) in [5.41, 5.74) is 1.05. The van der Waals surface area contributed by atoms with Crippen molar-refractivity contribution < 1.29 is 9.90 Å². The van der Waals surface area contributed by atoms with Crippen molar-refractivity contribution in [3.05, 3.63) is 28.8 Å². The number of halogens is 1. The monoisotopic (exact) mass is 281 g/mol. The molecule has 104 valence electrons. The molecule has 1 aliphatic rings. The molecule has 0 spiro atoms. The molecule has 1 aromatic rings. The summed E-state index contributed by atoms with van der Waals surface area (Å²) in [5, 5.41) is 12.7. The van der Waals surface area contributed by atoms with Crippen LogP contribution in [-0.2, 0) is 0 Å². The van der Waals surface area contributed by atoms with Gasteiger partial charge in [-0.15, -0.1) is 0 Å². The fourth-order valence-electron chi connectivity index (χ4n) is 2.78. The summed E-state index contributed by atoms with van der Waals surface area (Å²) in [6, 6.07) is 5.50. The molecule has 0 amide bonds. The first-order valence-electron chi connectivity index (χ1n) is 6.78. The maximum Gasteiger partial charge on any atom is 0.337 e. The number of hydrogen-bond donors (Lipinski definition) is 2. The van der Waals surface area contributed by atoms with Crippen LogP contribution < -0.4 is 5.32 Å². The number of hydrogen-bond acceptors (Lipinski definition) is 2. The van der Waals surface area contributed by atoms with Gasteiger partial charge in [0.15, 0.2) is 0 Å². The number of benzene rings is 1. The van der Waals surface area contributed by atoms with Crippen molar-refractivity contribution in [3.63, 3.8) is 0 Å². The molecule has 0 aliphatic heterocycles. The molecular formula is C15H20ClNO2. The number of rotatable bonds is 3. The van der Waals surface area contributed by atoms with E-state index in [1.807, 2.05) is 0 Å². The largest absolute Gasteiger partial charge is 0.478 e. The van der Waals surface area contributed by atoms with E-state index in [9.17, 15) is 4.79 Å². The second-order valence-electron chi connectivity index (χ2n) is 5.52. The molecule has 3 atom stereocenters. The first kappa shape index (κ1) is 14.2. The Bertz CT molecular complexity index is 475. The minimum absolute atomic E-state index is 0.150. The SMILES string of the molecule is CC1CCCC(Nc2ccc(C(=O)O)c(Cl)c2)C1C.